The second kappa shape index (κ2) is 6.92. The first kappa shape index (κ1) is 16.8. The van der Waals surface area contributed by atoms with Gasteiger partial charge in [-0.2, -0.15) is 0 Å². The van der Waals surface area contributed by atoms with Crippen LogP contribution in [0.1, 0.15) is 40.5 Å². The van der Waals surface area contributed by atoms with Crippen molar-refractivity contribution >= 4 is 12.0 Å². The third-order valence-electron chi connectivity index (χ3n) is 3.66. The van der Waals surface area contributed by atoms with Crippen LogP contribution in [-0.4, -0.2) is 42.4 Å². The smallest absolute Gasteiger partial charge is 0.326 e. The third kappa shape index (κ3) is 4.67. The molecule has 0 aromatic rings. The lowest BCUT2D eigenvalue weighted by Gasteiger charge is -2.28. The lowest BCUT2D eigenvalue weighted by atomic mass is 9.87. The number of urea groups is 1. The topological polar surface area (TPSA) is 87.7 Å². The molecule has 20 heavy (non-hydrogen) atoms. The number of amides is 2. The maximum absolute atomic E-state index is 11.8. The molecular formula is C14H26N2O4. The molecular weight excluding hydrogens is 260 g/mol. The zero-order chi connectivity index (χ0) is 15.3. The normalized spacial score (nSPS) is 24.2. The van der Waals surface area contributed by atoms with Gasteiger partial charge in [0.05, 0.1) is 6.10 Å². The monoisotopic (exact) mass is 286 g/mol. The van der Waals surface area contributed by atoms with E-state index >= 15 is 0 Å². The molecule has 0 spiro atoms. The number of rotatable bonds is 5. The van der Waals surface area contributed by atoms with Crippen LogP contribution in [0.3, 0.4) is 0 Å². The molecule has 3 N–H and O–H groups in total. The molecule has 2 amide bonds. The highest BCUT2D eigenvalue weighted by Gasteiger charge is 2.33. The summed E-state index contributed by atoms with van der Waals surface area (Å²) in [6, 6.07) is -1.35. The van der Waals surface area contributed by atoms with Gasteiger partial charge in [0.25, 0.3) is 0 Å². The number of nitrogens with one attached hydrogen (secondary N) is 2. The Kier molecular flexibility index (Phi) is 5.80. The van der Waals surface area contributed by atoms with E-state index in [1.807, 2.05) is 0 Å². The van der Waals surface area contributed by atoms with Crippen LogP contribution >= 0.6 is 0 Å². The Labute approximate surface area is 120 Å². The van der Waals surface area contributed by atoms with E-state index in [0.29, 0.717) is 12.5 Å². The van der Waals surface area contributed by atoms with E-state index < -0.39 is 23.5 Å². The summed E-state index contributed by atoms with van der Waals surface area (Å²) in [5, 5.41) is 14.4. The molecule has 0 bridgehead atoms. The Morgan fingerprint density at radius 2 is 2.05 bits per heavy atom. The van der Waals surface area contributed by atoms with Crippen molar-refractivity contribution in [1.82, 2.24) is 10.6 Å². The molecule has 1 fully saturated rings. The van der Waals surface area contributed by atoms with Gasteiger partial charge in [-0.25, -0.2) is 9.59 Å². The summed E-state index contributed by atoms with van der Waals surface area (Å²) in [5.74, 6) is -0.716. The summed E-state index contributed by atoms with van der Waals surface area (Å²) in [7, 11) is 0. The number of carbonyl (C=O) groups excluding carboxylic acids is 1. The first-order valence-corrected chi connectivity index (χ1v) is 7.14. The summed E-state index contributed by atoms with van der Waals surface area (Å²) in [6.45, 7) is 8.65. The largest absolute Gasteiger partial charge is 0.480 e. The maximum Gasteiger partial charge on any atom is 0.326 e. The molecule has 1 aliphatic rings. The van der Waals surface area contributed by atoms with Crippen molar-refractivity contribution in [3.8, 4) is 0 Å². The highest BCUT2D eigenvalue weighted by atomic mass is 16.5. The highest BCUT2D eigenvalue weighted by molar-refractivity contribution is 5.83. The third-order valence-corrected chi connectivity index (χ3v) is 3.66. The molecule has 1 rings (SSSR count). The maximum atomic E-state index is 11.8. The van der Waals surface area contributed by atoms with Crippen LogP contribution < -0.4 is 10.6 Å². The van der Waals surface area contributed by atoms with Crippen molar-refractivity contribution in [2.75, 3.05) is 13.2 Å². The molecule has 6 heteroatoms. The molecule has 1 heterocycles. The number of carboxylic acid groups (broad SMARTS) is 1. The first-order valence-electron chi connectivity index (χ1n) is 7.14. The molecule has 6 nitrogen and oxygen atoms in total. The fraction of sp³-hybridized carbons (Fsp3) is 0.857. The van der Waals surface area contributed by atoms with Gasteiger partial charge in [0.1, 0.15) is 6.04 Å². The van der Waals surface area contributed by atoms with Crippen LogP contribution in [0, 0.1) is 11.3 Å². The van der Waals surface area contributed by atoms with Crippen LogP contribution in [0.2, 0.25) is 0 Å². The van der Waals surface area contributed by atoms with E-state index in [2.05, 4.69) is 17.6 Å². The molecule has 116 valence electrons. The fourth-order valence-corrected chi connectivity index (χ4v) is 2.43. The number of carbonyl (C=O) groups is 2. The average molecular weight is 286 g/mol. The van der Waals surface area contributed by atoms with Gasteiger partial charge in [0.2, 0.25) is 0 Å². The van der Waals surface area contributed by atoms with Crippen molar-refractivity contribution in [3.05, 3.63) is 0 Å². The van der Waals surface area contributed by atoms with E-state index in [0.717, 1.165) is 19.4 Å². The highest BCUT2D eigenvalue weighted by Crippen LogP contribution is 2.22. The Balaban J connectivity index is 2.44. The van der Waals surface area contributed by atoms with Gasteiger partial charge in [-0.05, 0) is 18.3 Å². The van der Waals surface area contributed by atoms with Crippen LogP contribution in [0.5, 0.6) is 0 Å². The minimum Gasteiger partial charge on any atom is -0.480 e. The molecule has 0 saturated carbocycles. The molecule has 3 atom stereocenters. The molecule has 1 saturated heterocycles. The van der Waals surface area contributed by atoms with Crippen LogP contribution in [-0.2, 0) is 9.53 Å². The van der Waals surface area contributed by atoms with Gasteiger partial charge in [-0.1, -0.05) is 27.7 Å². The lowest BCUT2D eigenvalue weighted by Crippen LogP contribution is -2.53. The Morgan fingerprint density at radius 1 is 1.40 bits per heavy atom. The first-order chi connectivity index (χ1) is 9.25. The van der Waals surface area contributed by atoms with Crippen molar-refractivity contribution in [3.63, 3.8) is 0 Å². The van der Waals surface area contributed by atoms with Crippen molar-refractivity contribution in [2.45, 2.75) is 52.7 Å². The van der Waals surface area contributed by atoms with E-state index in [9.17, 15) is 9.59 Å². The van der Waals surface area contributed by atoms with Crippen molar-refractivity contribution < 1.29 is 19.4 Å². The number of ether oxygens (including phenoxy) is 1. The molecule has 1 aliphatic heterocycles. The van der Waals surface area contributed by atoms with Crippen LogP contribution in [0.25, 0.3) is 0 Å². The number of carboxylic acids is 1. The summed E-state index contributed by atoms with van der Waals surface area (Å²) >= 11 is 0. The van der Waals surface area contributed by atoms with Gasteiger partial charge in [0, 0.05) is 19.1 Å². The zero-order valence-corrected chi connectivity index (χ0v) is 12.7. The van der Waals surface area contributed by atoms with Crippen molar-refractivity contribution in [2.24, 2.45) is 11.3 Å². The van der Waals surface area contributed by atoms with Gasteiger partial charge in [-0.15, -0.1) is 0 Å². The zero-order valence-electron chi connectivity index (χ0n) is 12.7. The van der Waals surface area contributed by atoms with E-state index in [1.165, 1.54) is 0 Å². The summed E-state index contributed by atoms with van der Waals surface area (Å²) < 4.78 is 5.55. The van der Waals surface area contributed by atoms with Gasteiger partial charge < -0.3 is 20.5 Å². The van der Waals surface area contributed by atoms with E-state index in [1.54, 1.807) is 20.8 Å². The van der Waals surface area contributed by atoms with Gasteiger partial charge in [-0.3, -0.25) is 0 Å². The standard InChI is InChI=1S/C14H26N2O4/c1-5-10-9(6-7-20-10)8-15-13(19)16-11(12(17)18)14(2,3)4/h9-11H,5-8H2,1-4H3,(H,17,18)(H2,15,16,19). The van der Waals surface area contributed by atoms with Crippen LogP contribution in [0.15, 0.2) is 0 Å². The second-order valence-electron chi connectivity index (χ2n) is 6.36. The SMILES string of the molecule is CCC1OCCC1CNC(=O)NC(C(=O)O)C(C)(C)C. The lowest BCUT2D eigenvalue weighted by molar-refractivity contribution is -0.141. The summed E-state index contributed by atoms with van der Waals surface area (Å²) in [6.07, 6.45) is 2.04. The number of hydrogen-bond donors (Lipinski definition) is 3. The molecule has 0 aliphatic carbocycles. The van der Waals surface area contributed by atoms with Crippen molar-refractivity contribution in [1.29, 1.82) is 0 Å². The number of aliphatic carboxylic acids is 1. The van der Waals surface area contributed by atoms with Gasteiger partial charge in [0.15, 0.2) is 0 Å². The predicted octanol–water partition coefficient (Wildman–Crippen LogP) is 1.60. The molecule has 0 aromatic carbocycles. The quantitative estimate of drug-likeness (QED) is 0.716. The minimum atomic E-state index is -1.02. The Morgan fingerprint density at radius 3 is 2.55 bits per heavy atom. The molecule has 0 radical (unpaired) electrons. The Bertz CT molecular complexity index is 352. The van der Waals surface area contributed by atoms with Gasteiger partial charge >= 0.3 is 12.0 Å². The minimum absolute atomic E-state index is 0.188. The molecule has 0 aromatic heterocycles. The summed E-state index contributed by atoms with van der Waals surface area (Å²) in [4.78, 5) is 23.0. The summed E-state index contributed by atoms with van der Waals surface area (Å²) in [5.41, 5.74) is -0.536. The fourth-order valence-electron chi connectivity index (χ4n) is 2.43. The predicted molar refractivity (Wildman–Crippen MR) is 75.6 cm³/mol. The second-order valence-corrected chi connectivity index (χ2v) is 6.36. The van der Waals surface area contributed by atoms with Crippen LogP contribution in [0.4, 0.5) is 4.79 Å². The van der Waals surface area contributed by atoms with E-state index in [4.69, 9.17) is 9.84 Å². The average Bonchev–Trinajstić information content (AvgIpc) is 2.78. The molecule has 3 unspecified atom stereocenters. The van der Waals surface area contributed by atoms with E-state index in [-0.39, 0.29) is 6.10 Å². The number of hydrogen-bond acceptors (Lipinski definition) is 3. The Hall–Kier alpha value is -1.30.